The van der Waals surface area contributed by atoms with E-state index >= 15 is 0 Å². The number of pyridine rings is 1. The number of anilines is 1. The number of benzene rings is 1. The van der Waals surface area contributed by atoms with Gasteiger partial charge in [0.15, 0.2) is 0 Å². The predicted octanol–water partition coefficient (Wildman–Crippen LogP) is 1.68. The SMILES string of the molecule is OC1CN(c2ccnc3c(Br)ccc(F)c23)CC1O. The van der Waals surface area contributed by atoms with Crippen molar-refractivity contribution in [3.05, 3.63) is 34.7 Å². The summed E-state index contributed by atoms with van der Waals surface area (Å²) >= 11 is 3.35. The first kappa shape index (κ1) is 12.8. The Morgan fingerprint density at radius 1 is 1.21 bits per heavy atom. The van der Waals surface area contributed by atoms with Crippen LogP contribution in [0.1, 0.15) is 0 Å². The molecular formula is C13H12BrFN2O2. The molecule has 19 heavy (non-hydrogen) atoms. The van der Waals surface area contributed by atoms with Gasteiger partial charge < -0.3 is 15.1 Å². The number of hydrogen-bond acceptors (Lipinski definition) is 4. The Hall–Kier alpha value is -1.24. The topological polar surface area (TPSA) is 56.6 Å². The third kappa shape index (κ3) is 2.09. The maximum absolute atomic E-state index is 14.1. The average molecular weight is 327 g/mol. The lowest BCUT2D eigenvalue weighted by molar-refractivity contribution is 0.0572. The predicted molar refractivity (Wildman–Crippen MR) is 73.6 cm³/mol. The van der Waals surface area contributed by atoms with Crippen molar-refractivity contribution in [1.82, 2.24) is 4.98 Å². The van der Waals surface area contributed by atoms with Gasteiger partial charge in [0, 0.05) is 23.8 Å². The number of aliphatic hydroxyl groups is 2. The Kier molecular flexibility index (Phi) is 3.16. The highest BCUT2D eigenvalue weighted by Crippen LogP contribution is 2.33. The Morgan fingerprint density at radius 2 is 1.89 bits per heavy atom. The summed E-state index contributed by atoms with van der Waals surface area (Å²) in [5.41, 5.74) is 1.17. The average Bonchev–Trinajstić information content (AvgIpc) is 2.73. The zero-order chi connectivity index (χ0) is 13.6. The van der Waals surface area contributed by atoms with Crippen LogP contribution in [-0.2, 0) is 0 Å². The van der Waals surface area contributed by atoms with Crippen LogP contribution < -0.4 is 4.90 Å². The van der Waals surface area contributed by atoms with Crippen LogP contribution in [0, 0.1) is 5.82 Å². The van der Waals surface area contributed by atoms with Crippen molar-refractivity contribution in [3.63, 3.8) is 0 Å². The maximum Gasteiger partial charge on any atom is 0.134 e. The standard InChI is InChI=1S/C13H12BrFN2O2/c14-7-1-2-8(15)12-9(3-4-16-13(7)12)17-5-10(18)11(19)6-17/h1-4,10-11,18-19H,5-6H2. The van der Waals surface area contributed by atoms with Crippen molar-refractivity contribution in [1.29, 1.82) is 0 Å². The quantitative estimate of drug-likeness (QED) is 0.837. The molecule has 2 heterocycles. The van der Waals surface area contributed by atoms with E-state index in [2.05, 4.69) is 20.9 Å². The molecule has 100 valence electrons. The fourth-order valence-corrected chi connectivity index (χ4v) is 2.84. The van der Waals surface area contributed by atoms with Gasteiger partial charge in [-0.15, -0.1) is 0 Å². The molecule has 2 N–H and O–H groups in total. The van der Waals surface area contributed by atoms with Crippen molar-refractivity contribution in [2.24, 2.45) is 0 Å². The highest BCUT2D eigenvalue weighted by molar-refractivity contribution is 9.10. The second-order valence-electron chi connectivity index (χ2n) is 4.62. The Labute approximate surface area is 117 Å². The highest BCUT2D eigenvalue weighted by atomic mass is 79.9. The highest BCUT2D eigenvalue weighted by Gasteiger charge is 2.31. The molecule has 0 amide bonds. The van der Waals surface area contributed by atoms with Crippen LogP contribution >= 0.6 is 15.9 Å². The molecule has 6 heteroatoms. The summed E-state index contributed by atoms with van der Waals surface area (Å²) in [5, 5.41) is 19.6. The largest absolute Gasteiger partial charge is 0.389 e. The van der Waals surface area contributed by atoms with Crippen LogP contribution in [-0.4, -0.2) is 40.5 Å². The van der Waals surface area contributed by atoms with Crippen LogP contribution in [0.15, 0.2) is 28.9 Å². The van der Waals surface area contributed by atoms with Crippen LogP contribution in [0.3, 0.4) is 0 Å². The number of rotatable bonds is 1. The van der Waals surface area contributed by atoms with E-state index in [4.69, 9.17) is 0 Å². The molecule has 4 nitrogen and oxygen atoms in total. The summed E-state index contributed by atoms with van der Waals surface area (Å²) in [4.78, 5) is 5.95. The first-order chi connectivity index (χ1) is 9.08. The second-order valence-corrected chi connectivity index (χ2v) is 5.48. The number of hydrogen-bond donors (Lipinski definition) is 2. The minimum Gasteiger partial charge on any atom is -0.389 e. The van der Waals surface area contributed by atoms with Gasteiger partial charge in [0.05, 0.1) is 28.8 Å². The molecule has 2 aromatic rings. The van der Waals surface area contributed by atoms with Crippen molar-refractivity contribution in [3.8, 4) is 0 Å². The van der Waals surface area contributed by atoms with E-state index in [1.54, 1.807) is 23.2 Å². The molecule has 1 fully saturated rings. The molecule has 0 spiro atoms. The normalized spacial score (nSPS) is 23.3. The molecular weight excluding hydrogens is 315 g/mol. The Bertz CT molecular complexity index is 627. The van der Waals surface area contributed by atoms with E-state index in [1.807, 2.05) is 0 Å². The van der Waals surface area contributed by atoms with Crippen molar-refractivity contribution in [2.75, 3.05) is 18.0 Å². The van der Waals surface area contributed by atoms with Gasteiger partial charge in [-0.3, -0.25) is 4.98 Å². The molecule has 0 saturated carbocycles. The summed E-state index contributed by atoms with van der Waals surface area (Å²) in [6.45, 7) is 0.568. The molecule has 0 radical (unpaired) electrons. The maximum atomic E-state index is 14.1. The molecule has 1 aliphatic rings. The lowest BCUT2D eigenvalue weighted by atomic mass is 10.1. The van der Waals surface area contributed by atoms with Crippen molar-refractivity contribution in [2.45, 2.75) is 12.2 Å². The van der Waals surface area contributed by atoms with Crippen LogP contribution in [0.5, 0.6) is 0 Å². The minimum atomic E-state index is -0.807. The number of fused-ring (bicyclic) bond motifs is 1. The third-order valence-electron chi connectivity index (χ3n) is 3.37. The van der Waals surface area contributed by atoms with Crippen LogP contribution in [0.25, 0.3) is 10.9 Å². The molecule has 1 aromatic carbocycles. The molecule has 2 atom stereocenters. The molecule has 2 unspecified atom stereocenters. The minimum absolute atomic E-state index is 0.284. The number of β-amino-alcohol motifs (C(OH)–C–C–N with tert-alkyl or cyclic N) is 2. The molecule has 1 saturated heterocycles. The van der Waals surface area contributed by atoms with Gasteiger partial charge in [-0.2, -0.15) is 0 Å². The van der Waals surface area contributed by atoms with Gasteiger partial charge in [0.25, 0.3) is 0 Å². The van der Waals surface area contributed by atoms with E-state index in [0.29, 0.717) is 21.1 Å². The fourth-order valence-electron chi connectivity index (χ4n) is 2.41. The van der Waals surface area contributed by atoms with Gasteiger partial charge in [0.2, 0.25) is 0 Å². The summed E-state index contributed by atoms with van der Waals surface area (Å²) in [7, 11) is 0. The smallest absolute Gasteiger partial charge is 0.134 e. The fraction of sp³-hybridized carbons (Fsp3) is 0.308. The molecule has 0 aliphatic carbocycles. The van der Waals surface area contributed by atoms with Gasteiger partial charge in [0.1, 0.15) is 5.82 Å². The van der Waals surface area contributed by atoms with Crippen LogP contribution in [0.2, 0.25) is 0 Å². The second kappa shape index (κ2) is 4.70. The van der Waals surface area contributed by atoms with Gasteiger partial charge in [-0.05, 0) is 34.1 Å². The first-order valence-corrected chi connectivity index (χ1v) is 6.71. The summed E-state index contributed by atoms with van der Waals surface area (Å²) in [6, 6.07) is 4.69. The van der Waals surface area contributed by atoms with Gasteiger partial charge in [-0.1, -0.05) is 0 Å². The first-order valence-electron chi connectivity index (χ1n) is 5.91. The third-order valence-corrected chi connectivity index (χ3v) is 4.01. The van der Waals surface area contributed by atoms with Crippen molar-refractivity contribution < 1.29 is 14.6 Å². The van der Waals surface area contributed by atoms with E-state index < -0.39 is 12.2 Å². The van der Waals surface area contributed by atoms with Crippen molar-refractivity contribution >= 4 is 32.5 Å². The van der Waals surface area contributed by atoms with Gasteiger partial charge in [-0.25, -0.2) is 4.39 Å². The number of aromatic nitrogens is 1. The summed E-state index contributed by atoms with van der Waals surface area (Å²) in [5.74, 6) is -0.364. The van der Waals surface area contributed by atoms with E-state index in [1.165, 1.54) is 6.07 Å². The van der Waals surface area contributed by atoms with E-state index in [9.17, 15) is 14.6 Å². The van der Waals surface area contributed by atoms with E-state index in [-0.39, 0.29) is 18.9 Å². The molecule has 1 aliphatic heterocycles. The number of nitrogens with zero attached hydrogens (tertiary/aromatic N) is 2. The molecule has 1 aromatic heterocycles. The van der Waals surface area contributed by atoms with E-state index in [0.717, 1.165) is 0 Å². The molecule has 3 rings (SSSR count). The van der Waals surface area contributed by atoms with Crippen LogP contribution in [0.4, 0.5) is 10.1 Å². The summed E-state index contributed by atoms with van der Waals surface area (Å²) < 4.78 is 14.8. The molecule has 0 bridgehead atoms. The zero-order valence-corrected chi connectivity index (χ0v) is 11.5. The monoisotopic (exact) mass is 326 g/mol. The number of aliphatic hydroxyl groups excluding tert-OH is 2. The Balaban J connectivity index is 2.17. The van der Waals surface area contributed by atoms with Gasteiger partial charge >= 0.3 is 0 Å². The summed E-state index contributed by atoms with van der Waals surface area (Å²) in [6.07, 6.45) is -0.0178. The lowest BCUT2D eigenvalue weighted by Gasteiger charge is -2.20. The number of halogens is 2. The Morgan fingerprint density at radius 3 is 2.58 bits per heavy atom. The lowest BCUT2D eigenvalue weighted by Crippen LogP contribution is -2.22. The zero-order valence-electron chi connectivity index (χ0n) is 9.92.